The van der Waals surface area contributed by atoms with E-state index >= 15 is 0 Å². The zero-order valence-electron chi connectivity index (χ0n) is 13.6. The van der Waals surface area contributed by atoms with Crippen LogP contribution in [0.5, 0.6) is 0 Å². The summed E-state index contributed by atoms with van der Waals surface area (Å²) in [5.41, 5.74) is 0.456. The smallest absolute Gasteiger partial charge is 0.338 e. The maximum Gasteiger partial charge on any atom is 0.338 e. The number of aliphatic hydroxyl groups is 3. The number of hydrogen-bond donors (Lipinski definition) is 3. The monoisotopic (exact) mass is 358 g/mol. The number of carbonyl (C=O) groups excluding carboxylic acids is 2. The molecule has 0 spiro atoms. The first-order chi connectivity index (χ1) is 12.5. The van der Waals surface area contributed by atoms with Crippen molar-refractivity contribution in [3.8, 4) is 0 Å². The molecule has 0 bridgehead atoms. The highest BCUT2D eigenvalue weighted by molar-refractivity contribution is 6.02. The lowest BCUT2D eigenvalue weighted by Crippen LogP contribution is -2.45. The molecule has 0 radical (unpaired) electrons. The van der Waals surface area contributed by atoms with Crippen LogP contribution in [0.3, 0.4) is 0 Å². The molecule has 1 unspecified atom stereocenters. The second-order valence-electron chi connectivity index (χ2n) is 5.89. The van der Waals surface area contributed by atoms with E-state index in [0.29, 0.717) is 0 Å². The van der Waals surface area contributed by atoms with Crippen LogP contribution in [-0.2, 0) is 9.47 Å². The van der Waals surface area contributed by atoms with E-state index in [9.17, 15) is 24.9 Å². The predicted octanol–water partition coefficient (Wildman–Crippen LogP) is 0.534. The maximum atomic E-state index is 12.8. The summed E-state index contributed by atoms with van der Waals surface area (Å²) in [6, 6.07) is 16.1. The van der Waals surface area contributed by atoms with E-state index in [1.807, 2.05) is 0 Å². The molecule has 1 aliphatic heterocycles. The lowest BCUT2D eigenvalue weighted by atomic mass is 9.98. The molecule has 2 aromatic rings. The van der Waals surface area contributed by atoms with E-state index in [2.05, 4.69) is 0 Å². The van der Waals surface area contributed by atoms with Crippen molar-refractivity contribution < 1.29 is 34.4 Å². The molecular weight excluding hydrogens is 340 g/mol. The normalized spacial score (nSPS) is 26.3. The number of ketones is 1. The summed E-state index contributed by atoms with van der Waals surface area (Å²) in [5.74, 6) is -1.40. The van der Waals surface area contributed by atoms with Gasteiger partial charge in [-0.05, 0) is 12.1 Å². The van der Waals surface area contributed by atoms with Crippen molar-refractivity contribution in [1.29, 1.82) is 0 Å². The fraction of sp³-hybridized carbons (Fsp3) is 0.263. The Morgan fingerprint density at radius 1 is 0.846 bits per heavy atom. The van der Waals surface area contributed by atoms with Gasteiger partial charge in [0, 0.05) is 5.56 Å². The van der Waals surface area contributed by atoms with Crippen LogP contribution in [-0.4, -0.2) is 57.8 Å². The SMILES string of the molecule is O=C(OC(C(=O)c1ccccc1)[C@H]1O[C@H](O)[C@@H](O)[C@@H]1O)c1ccccc1. The number of hydrogen-bond acceptors (Lipinski definition) is 7. The number of benzene rings is 2. The van der Waals surface area contributed by atoms with Gasteiger partial charge in [-0.3, -0.25) is 4.79 Å². The fourth-order valence-corrected chi connectivity index (χ4v) is 2.73. The number of carbonyl (C=O) groups is 2. The first-order valence-corrected chi connectivity index (χ1v) is 8.04. The van der Waals surface area contributed by atoms with E-state index in [1.54, 1.807) is 36.4 Å². The van der Waals surface area contributed by atoms with Gasteiger partial charge in [-0.15, -0.1) is 0 Å². The zero-order valence-corrected chi connectivity index (χ0v) is 13.6. The lowest BCUT2D eigenvalue weighted by Gasteiger charge is -2.24. The summed E-state index contributed by atoms with van der Waals surface area (Å²) in [6.45, 7) is 0. The Balaban J connectivity index is 1.89. The highest BCUT2D eigenvalue weighted by Crippen LogP contribution is 2.26. The van der Waals surface area contributed by atoms with E-state index in [-0.39, 0.29) is 11.1 Å². The lowest BCUT2D eigenvalue weighted by molar-refractivity contribution is -0.141. The molecule has 0 aromatic heterocycles. The van der Waals surface area contributed by atoms with Gasteiger partial charge in [-0.25, -0.2) is 4.79 Å². The van der Waals surface area contributed by atoms with Gasteiger partial charge < -0.3 is 24.8 Å². The molecule has 5 atom stereocenters. The van der Waals surface area contributed by atoms with Crippen molar-refractivity contribution in [2.75, 3.05) is 0 Å². The van der Waals surface area contributed by atoms with Crippen LogP contribution >= 0.6 is 0 Å². The largest absolute Gasteiger partial charge is 0.447 e. The van der Waals surface area contributed by atoms with Crippen LogP contribution in [0.1, 0.15) is 20.7 Å². The Hall–Kier alpha value is -2.58. The molecule has 1 heterocycles. The van der Waals surface area contributed by atoms with Crippen LogP contribution in [0.2, 0.25) is 0 Å². The minimum atomic E-state index is -1.68. The number of rotatable bonds is 5. The summed E-state index contributed by atoms with van der Waals surface area (Å²) in [6.07, 6.45) is -7.82. The van der Waals surface area contributed by atoms with Gasteiger partial charge in [0.25, 0.3) is 0 Å². The first kappa shape index (κ1) is 18.2. The van der Waals surface area contributed by atoms with Crippen molar-refractivity contribution in [3.63, 3.8) is 0 Å². The van der Waals surface area contributed by atoms with Gasteiger partial charge in [-0.2, -0.15) is 0 Å². The van der Waals surface area contributed by atoms with Crippen molar-refractivity contribution in [2.24, 2.45) is 0 Å². The van der Waals surface area contributed by atoms with Crippen LogP contribution in [0.4, 0.5) is 0 Å². The average Bonchev–Trinajstić information content (AvgIpc) is 2.94. The first-order valence-electron chi connectivity index (χ1n) is 8.04. The second-order valence-corrected chi connectivity index (χ2v) is 5.89. The van der Waals surface area contributed by atoms with E-state index in [4.69, 9.17) is 9.47 Å². The summed E-state index contributed by atoms with van der Waals surface area (Å²) in [7, 11) is 0. The molecule has 2 aromatic carbocycles. The molecule has 7 nitrogen and oxygen atoms in total. The number of Topliss-reactive ketones (excluding diaryl/α,β-unsaturated/α-hetero) is 1. The number of aliphatic hydroxyl groups excluding tert-OH is 3. The fourth-order valence-electron chi connectivity index (χ4n) is 2.73. The predicted molar refractivity (Wildman–Crippen MR) is 89.3 cm³/mol. The standard InChI is InChI=1S/C19H18O7/c20-13(11-7-3-1-4-8-11)16(17-14(21)15(22)19(24)26-17)25-18(23)12-9-5-2-6-10-12/h1-10,14-17,19,21-22,24H/t14-,15-,16?,17-,19-/m0/s1. The third kappa shape index (κ3) is 3.66. The zero-order chi connectivity index (χ0) is 18.7. The van der Waals surface area contributed by atoms with Crippen LogP contribution in [0.15, 0.2) is 60.7 Å². The summed E-state index contributed by atoms with van der Waals surface area (Å²) in [5, 5.41) is 29.4. The Kier molecular flexibility index (Phi) is 5.43. The molecule has 136 valence electrons. The Morgan fingerprint density at radius 3 is 1.88 bits per heavy atom. The van der Waals surface area contributed by atoms with Crippen LogP contribution < -0.4 is 0 Å². The molecular formula is C19H18O7. The minimum Gasteiger partial charge on any atom is -0.447 e. The topological polar surface area (TPSA) is 113 Å². The van der Waals surface area contributed by atoms with Gasteiger partial charge in [0.2, 0.25) is 5.78 Å². The summed E-state index contributed by atoms with van der Waals surface area (Å²) < 4.78 is 10.4. The quantitative estimate of drug-likeness (QED) is 0.528. The van der Waals surface area contributed by atoms with Crippen molar-refractivity contribution >= 4 is 11.8 Å². The highest BCUT2D eigenvalue weighted by Gasteiger charge is 2.49. The number of ether oxygens (including phenoxy) is 2. The third-order valence-electron chi connectivity index (χ3n) is 4.13. The molecule has 0 amide bonds. The molecule has 26 heavy (non-hydrogen) atoms. The third-order valence-corrected chi connectivity index (χ3v) is 4.13. The molecule has 1 fully saturated rings. The van der Waals surface area contributed by atoms with Crippen molar-refractivity contribution in [1.82, 2.24) is 0 Å². The Bertz CT molecular complexity index is 762. The number of esters is 1. The van der Waals surface area contributed by atoms with Gasteiger partial charge in [0.1, 0.15) is 18.3 Å². The van der Waals surface area contributed by atoms with E-state index in [0.717, 1.165) is 0 Å². The van der Waals surface area contributed by atoms with Gasteiger partial charge in [0.15, 0.2) is 12.4 Å². The van der Waals surface area contributed by atoms with Gasteiger partial charge in [-0.1, -0.05) is 48.5 Å². The molecule has 3 rings (SSSR count). The molecule has 1 aliphatic rings. The van der Waals surface area contributed by atoms with Crippen molar-refractivity contribution in [2.45, 2.75) is 30.7 Å². The molecule has 3 N–H and O–H groups in total. The van der Waals surface area contributed by atoms with Crippen LogP contribution in [0, 0.1) is 0 Å². The summed E-state index contributed by atoms with van der Waals surface area (Å²) >= 11 is 0. The highest BCUT2D eigenvalue weighted by atomic mass is 16.7. The van der Waals surface area contributed by atoms with E-state index in [1.165, 1.54) is 24.3 Å². The minimum absolute atomic E-state index is 0.215. The molecule has 1 saturated heterocycles. The summed E-state index contributed by atoms with van der Waals surface area (Å²) in [4.78, 5) is 25.2. The van der Waals surface area contributed by atoms with Crippen LogP contribution in [0.25, 0.3) is 0 Å². The van der Waals surface area contributed by atoms with Gasteiger partial charge >= 0.3 is 5.97 Å². The molecule has 7 heteroatoms. The average molecular weight is 358 g/mol. The molecule has 0 saturated carbocycles. The maximum absolute atomic E-state index is 12.8. The Labute approximate surface area is 149 Å². The van der Waals surface area contributed by atoms with Gasteiger partial charge in [0.05, 0.1) is 5.56 Å². The van der Waals surface area contributed by atoms with E-state index < -0.39 is 42.5 Å². The second kappa shape index (κ2) is 7.76. The molecule has 0 aliphatic carbocycles. The Morgan fingerprint density at radius 2 is 1.38 bits per heavy atom. The van der Waals surface area contributed by atoms with Crippen molar-refractivity contribution in [3.05, 3.63) is 71.8 Å².